The fourth-order valence-electron chi connectivity index (χ4n) is 5.32. The summed E-state index contributed by atoms with van der Waals surface area (Å²) in [6.07, 6.45) is 7.46. The molecule has 2 fully saturated rings. The summed E-state index contributed by atoms with van der Waals surface area (Å²) < 4.78 is 27.9. The smallest absolute Gasteiger partial charge is 0.243 e. The fraction of sp³-hybridized carbons (Fsp3) is 0.652. The predicted octanol–water partition coefficient (Wildman–Crippen LogP) is 2.83. The first-order chi connectivity index (χ1) is 14.8. The fourth-order valence-corrected chi connectivity index (χ4v) is 6.84. The Morgan fingerprint density at radius 2 is 1.71 bits per heavy atom. The standard InChI is InChI=1S/C23H33N3O4S/c1-16-14-19-15-21(8-9-22(19)26(16)17(2)27)31(29,30)25-12-10-18(11-13-25)23(28)24-20-6-4-3-5-7-20/h8-9,15-16,18,20H,3-7,10-14H2,1-2H3,(H,24,28)/t16-/m1/s1. The largest absolute Gasteiger partial charge is 0.353 e. The zero-order valence-electron chi connectivity index (χ0n) is 18.5. The third-order valence-electron chi connectivity index (χ3n) is 7.02. The van der Waals surface area contributed by atoms with E-state index >= 15 is 0 Å². The lowest BCUT2D eigenvalue weighted by Crippen LogP contribution is -2.45. The van der Waals surface area contributed by atoms with Gasteiger partial charge in [0.05, 0.1) is 4.90 Å². The van der Waals surface area contributed by atoms with Crippen LogP contribution in [-0.4, -0.2) is 49.7 Å². The Balaban J connectivity index is 1.40. The van der Waals surface area contributed by atoms with Gasteiger partial charge < -0.3 is 10.2 Å². The van der Waals surface area contributed by atoms with E-state index in [1.165, 1.54) is 30.5 Å². The summed E-state index contributed by atoms with van der Waals surface area (Å²) in [5.41, 5.74) is 1.70. The molecule has 31 heavy (non-hydrogen) atoms. The highest BCUT2D eigenvalue weighted by Crippen LogP contribution is 2.35. The molecule has 2 amide bonds. The maximum Gasteiger partial charge on any atom is 0.243 e. The lowest BCUT2D eigenvalue weighted by Gasteiger charge is -2.32. The average molecular weight is 448 g/mol. The number of sulfonamides is 1. The first-order valence-corrected chi connectivity index (χ1v) is 12.9. The van der Waals surface area contributed by atoms with Crippen LogP contribution in [-0.2, 0) is 26.0 Å². The van der Waals surface area contributed by atoms with Crippen LogP contribution in [0.5, 0.6) is 0 Å². The number of hydrogen-bond acceptors (Lipinski definition) is 4. The van der Waals surface area contributed by atoms with Gasteiger partial charge >= 0.3 is 0 Å². The molecule has 8 heteroatoms. The molecule has 1 saturated carbocycles. The Morgan fingerprint density at radius 3 is 2.35 bits per heavy atom. The van der Waals surface area contributed by atoms with E-state index in [0.29, 0.717) is 32.4 Å². The van der Waals surface area contributed by atoms with Gasteiger partial charge in [0.25, 0.3) is 0 Å². The molecule has 4 rings (SSSR count). The van der Waals surface area contributed by atoms with E-state index in [1.54, 1.807) is 23.1 Å². The molecule has 0 radical (unpaired) electrons. The summed E-state index contributed by atoms with van der Waals surface area (Å²) in [5.74, 6) is -0.0615. The van der Waals surface area contributed by atoms with Gasteiger partial charge in [-0.05, 0) is 62.8 Å². The molecule has 3 aliphatic rings. The first kappa shape index (κ1) is 22.3. The Morgan fingerprint density at radius 1 is 1.03 bits per heavy atom. The van der Waals surface area contributed by atoms with Crippen molar-refractivity contribution in [2.45, 2.75) is 82.2 Å². The van der Waals surface area contributed by atoms with Crippen LogP contribution >= 0.6 is 0 Å². The number of amides is 2. The topological polar surface area (TPSA) is 86.8 Å². The van der Waals surface area contributed by atoms with Gasteiger partial charge in [-0.25, -0.2) is 8.42 Å². The highest BCUT2D eigenvalue weighted by atomic mass is 32.2. The van der Waals surface area contributed by atoms with Gasteiger partial charge in [-0.2, -0.15) is 4.31 Å². The summed E-state index contributed by atoms with van der Waals surface area (Å²) in [6, 6.07) is 5.38. The summed E-state index contributed by atoms with van der Waals surface area (Å²) in [4.78, 5) is 26.5. The zero-order chi connectivity index (χ0) is 22.2. The second-order valence-electron chi connectivity index (χ2n) is 9.25. The molecule has 1 N–H and O–H groups in total. The molecule has 1 atom stereocenters. The highest BCUT2D eigenvalue weighted by molar-refractivity contribution is 7.89. The minimum atomic E-state index is -3.62. The molecule has 2 aliphatic heterocycles. The van der Waals surface area contributed by atoms with E-state index in [-0.39, 0.29) is 34.7 Å². The van der Waals surface area contributed by atoms with E-state index in [9.17, 15) is 18.0 Å². The van der Waals surface area contributed by atoms with Crippen molar-refractivity contribution >= 4 is 27.5 Å². The summed E-state index contributed by atoms with van der Waals surface area (Å²) in [6.45, 7) is 4.22. The lowest BCUT2D eigenvalue weighted by molar-refractivity contribution is -0.127. The maximum atomic E-state index is 13.2. The monoisotopic (exact) mass is 447 g/mol. The Labute approximate surface area is 185 Å². The summed E-state index contributed by atoms with van der Waals surface area (Å²) >= 11 is 0. The van der Waals surface area contributed by atoms with Crippen molar-refractivity contribution < 1.29 is 18.0 Å². The molecule has 1 aromatic rings. The molecule has 0 unspecified atom stereocenters. The zero-order valence-corrected chi connectivity index (χ0v) is 19.3. The molecule has 7 nitrogen and oxygen atoms in total. The van der Waals surface area contributed by atoms with Gasteiger partial charge in [0.15, 0.2) is 0 Å². The summed E-state index contributed by atoms with van der Waals surface area (Å²) in [7, 11) is -3.62. The number of rotatable bonds is 4. The molecule has 0 spiro atoms. The number of benzene rings is 1. The number of piperidine rings is 1. The minimum absolute atomic E-state index is 0.0314. The van der Waals surface area contributed by atoms with Crippen molar-refractivity contribution in [2.75, 3.05) is 18.0 Å². The predicted molar refractivity (Wildman–Crippen MR) is 119 cm³/mol. The van der Waals surface area contributed by atoms with Crippen LogP contribution in [0.1, 0.15) is 64.4 Å². The van der Waals surface area contributed by atoms with Gasteiger partial charge in [0.2, 0.25) is 21.8 Å². The quantitative estimate of drug-likeness (QED) is 0.769. The number of fused-ring (bicyclic) bond motifs is 1. The van der Waals surface area contributed by atoms with Crippen molar-refractivity contribution in [3.05, 3.63) is 23.8 Å². The lowest BCUT2D eigenvalue weighted by atomic mass is 9.93. The van der Waals surface area contributed by atoms with E-state index in [2.05, 4.69) is 5.32 Å². The maximum absolute atomic E-state index is 13.2. The van der Waals surface area contributed by atoms with Gasteiger partial charge in [0.1, 0.15) is 0 Å². The SMILES string of the molecule is CC(=O)N1c2ccc(S(=O)(=O)N3CCC(C(=O)NC4CCCCC4)CC3)cc2C[C@H]1C. The average Bonchev–Trinajstić information content (AvgIpc) is 3.09. The van der Waals surface area contributed by atoms with E-state index in [4.69, 9.17) is 0 Å². The molecular formula is C23H33N3O4S. The van der Waals surface area contributed by atoms with Crippen LogP contribution in [0.2, 0.25) is 0 Å². The van der Waals surface area contributed by atoms with Gasteiger partial charge in [-0.15, -0.1) is 0 Å². The van der Waals surface area contributed by atoms with Crippen molar-refractivity contribution in [3.63, 3.8) is 0 Å². The molecule has 0 aromatic heterocycles. The third kappa shape index (κ3) is 4.51. The van der Waals surface area contributed by atoms with Crippen LogP contribution in [0.25, 0.3) is 0 Å². The van der Waals surface area contributed by atoms with Crippen molar-refractivity contribution in [3.8, 4) is 0 Å². The molecule has 1 saturated heterocycles. The van der Waals surface area contributed by atoms with Crippen LogP contribution in [0.15, 0.2) is 23.1 Å². The Bertz CT molecular complexity index is 948. The van der Waals surface area contributed by atoms with Crippen LogP contribution in [0, 0.1) is 5.92 Å². The number of hydrogen-bond donors (Lipinski definition) is 1. The van der Waals surface area contributed by atoms with Crippen LogP contribution < -0.4 is 10.2 Å². The normalized spacial score (nSPS) is 23.5. The molecule has 2 heterocycles. The van der Waals surface area contributed by atoms with Crippen molar-refractivity contribution in [1.29, 1.82) is 0 Å². The third-order valence-corrected chi connectivity index (χ3v) is 8.91. The highest BCUT2D eigenvalue weighted by Gasteiger charge is 2.35. The molecule has 170 valence electrons. The number of carbonyl (C=O) groups is 2. The van der Waals surface area contributed by atoms with E-state index in [0.717, 1.165) is 24.1 Å². The van der Waals surface area contributed by atoms with Gasteiger partial charge in [-0.3, -0.25) is 9.59 Å². The Hall–Kier alpha value is -1.93. The number of anilines is 1. The molecule has 0 bridgehead atoms. The number of nitrogens with zero attached hydrogens (tertiary/aromatic N) is 2. The second kappa shape index (κ2) is 8.90. The Kier molecular flexibility index (Phi) is 6.40. The molecule has 1 aromatic carbocycles. The van der Waals surface area contributed by atoms with Crippen molar-refractivity contribution in [2.24, 2.45) is 5.92 Å². The number of carbonyl (C=O) groups excluding carboxylic acids is 2. The van der Waals surface area contributed by atoms with Crippen LogP contribution in [0.3, 0.4) is 0 Å². The van der Waals surface area contributed by atoms with Gasteiger partial charge in [0, 0.05) is 43.7 Å². The second-order valence-corrected chi connectivity index (χ2v) is 11.2. The van der Waals surface area contributed by atoms with E-state index in [1.807, 2.05) is 6.92 Å². The van der Waals surface area contributed by atoms with E-state index < -0.39 is 10.0 Å². The molecular weight excluding hydrogens is 414 g/mol. The van der Waals surface area contributed by atoms with Crippen LogP contribution in [0.4, 0.5) is 5.69 Å². The summed E-state index contributed by atoms with van der Waals surface area (Å²) in [5, 5.41) is 3.18. The minimum Gasteiger partial charge on any atom is -0.353 e. The molecule has 1 aliphatic carbocycles. The first-order valence-electron chi connectivity index (χ1n) is 11.5. The van der Waals surface area contributed by atoms with Crippen molar-refractivity contribution in [1.82, 2.24) is 9.62 Å². The van der Waals surface area contributed by atoms with Gasteiger partial charge in [-0.1, -0.05) is 19.3 Å². The number of nitrogens with one attached hydrogen (secondary N) is 1.